The lowest BCUT2D eigenvalue weighted by atomic mass is 9.99. The zero-order valence-electron chi connectivity index (χ0n) is 10.3. The largest absolute Gasteiger partial charge is 0.271 e. The van der Waals surface area contributed by atoms with E-state index in [9.17, 15) is 13.2 Å². The van der Waals surface area contributed by atoms with E-state index in [0.717, 1.165) is 6.07 Å². The average Bonchev–Trinajstić information content (AvgIpc) is 2.38. The van der Waals surface area contributed by atoms with Gasteiger partial charge < -0.3 is 0 Å². The van der Waals surface area contributed by atoms with Crippen LogP contribution in [0.5, 0.6) is 0 Å². The highest BCUT2D eigenvalue weighted by atomic mass is 35.5. The number of nitrogens with two attached hydrogens (primary N) is 1. The Morgan fingerprint density at radius 3 is 2.25 bits per heavy atom. The van der Waals surface area contributed by atoms with E-state index in [-0.39, 0.29) is 5.02 Å². The van der Waals surface area contributed by atoms with Crippen LogP contribution in [0.15, 0.2) is 36.4 Å². The van der Waals surface area contributed by atoms with Crippen LogP contribution in [0.4, 0.5) is 13.2 Å². The lowest BCUT2D eigenvalue weighted by Gasteiger charge is -2.17. The van der Waals surface area contributed by atoms with E-state index in [0.29, 0.717) is 17.5 Å². The Balaban J connectivity index is 2.26. The molecule has 0 aliphatic heterocycles. The quantitative estimate of drug-likeness (QED) is 0.670. The van der Waals surface area contributed by atoms with Crippen LogP contribution in [0.3, 0.4) is 0 Å². The molecule has 0 fully saturated rings. The van der Waals surface area contributed by atoms with Gasteiger partial charge in [-0.2, -0.15) is 0 Å². The molecule has 0 saturated carbocycles. The number of rotatable bonds is 4. The van der Waals surface area contributed by atoms with E-state index in [2.05, 4.69) is 5.43 Å². The molecule has 2 rings (SSSR count). The summed E-state index contributed by atoms with van der Waals surface area (Å²) in [5, 5.41) is -0.0105. The van der Waals surface area contributed by atoms with Crippen molar-refractivity contribution < 1.29 is 13.2 Å². The molecular weight excluding hydrogens is 289 g/mol. The van der Waals surface area contributed by atoms with Crippen LogP contribution >= 0.6 is 11.6 Å². The maximum atomic E-state index is 13.2. The standard InChI is InChI=1S/C14H12ClF3N2/c15-12-3-8(1-2-13(12)18)4-14(20-19)9-5-10(16)7-11(17)6-9/h1-3,5-7,14,20H,4,19H2. The summed E-state index contributed by atoms with van der Waals surface area (Å²) in [7, 11) is 0. The number of nitrogens with one attached hydrogen (secondary N) is 1. The molecule has 0 saturated heterocycles. The fourth-order valence-electron chi connectivity index (χ4n) is 1.95. The topological polar surface area (TPSA) is 38.0 Å². The number of hydrogen-bond acceptors (Lipinski definition) is 2. The van der Waals surface area contributed by atoms with Gasteiger partial charge >= 0.3 is 0 Å². The predicted molar refractivity (Wildman–Crippen MR) is 71.5 cm³/mol. The highest BCUT2D eigenvalue weighted by molar-refractivity contribution is 6.30. The van der Waals surface area contributed by atoms with Gasteiger partial charge in [-0.3, -0.25) is 11.3 Å². The van der Waals surface area contributed by atoms with E-state index in [4.69, 9.17) is 17.4 Å². The van der Waals surface area contributed by atoms with Gasteiger partial charge in [-0.05, 0) is 41.8 Å². The van der Waals surface area contributed by atoms with Crippen molar-refractivity contribution in [1.82, 2.24) is 5.43 Å². The lowest BCUT2D eigenvalue weighted by Crippen LogP contribution is -2.29. The maximum Gasteiger partial charge on any atom is 0.141 e. The van der Waals surface area contributed by atoms with Crippen LogP contribution < -0.4 is 11.3 Å². The molecular formula is C14H12ClF3N2. The van der Waals surface area contributed by atoms with E-state index >= 15 is 0 Å². The minimum Gasteiger partial charge on any atom is -0.271 e. The fourth-order valence-corrected chi connectivity index (χ4v) is 2.15. The number of halogens is 4. The second kappa shape index (κ2) is 6.26. The van der Waals surface area contributed by atoms with Gasteiger partial charge in [-0.15, -0.1) is 0 Å². The highest BCUT2D eigenvalue weighted by Crippen LogP contribution is 2.23. The molecule has 6 heteroatoms. The summed E-state index contributed by atoms with van der Waals surface area (Å²) < 4.78 is 39.5. The number of hydrogen-bond donors (Lipinski definition) is 2. The summed E-state index contributed by atoms with van der Waals surface area (Å²) >= 11 is 5.69. The van der Waals surface area contributed by atoms with Crippen LogP contribution in [0.1, 0.15) is 17.2 Å². The van der Waals surface area contributed by atoms with Crippen molar-refractivity contribution in [2.45, 2.75) is 12.5 Å². The monoisotopic (exact) mass is 300 g/mol. The number of benzene rings is 2. The van der Waals surface area contributed by atoms with Crippen molar-refractivity contribution >= 4 is 11.6 Å². The molecule has 0 aliphatic rings. The maximum absolute atomic E-state index is 13.2. The number of hydrazine groups is 1. The average molecular weight is 301 g/mol. The Hall–Kier alpha value is -1.56. The van der Waals surface area contributed by atoms with Crippen molar-refractivity contribution in [2.24, 2.45) is 5.84 Å². The summed E-state index contributed by atoms with van der Waals surface area (Å²) in [5.41, 5.74) is 3.55. The second-order valence-electron chi connectivity index (χ2n) is 4.37. The first-order valence-electron chi connectivity index (χ1n) is 5.85. The third-order valence-corrected chi connectivity index (χ3v) is 3.20. The smallest absolute Gasteiger partial charge is 0.141 e. The molecule has 20 heavy (non-hydrogen) atoms. The van der Waals surface area contributed by atoms with Gasteiger partial charge in [0.2, 0.25) is 0 Å². The Kier molecular flexibility index (Phi) is 4.65. The third kappa shape index (κ3) is 3.50. The molecule has 0 aromatic heterocycles. The van der Waals surface area contributed by atoms with Crippen LogP contribution in [0, 0.1) is 17.5 Å². The molecule has 2 nitrogen and oxygen atoms in total. The minimum absolute atomic E-state index is 0.0105. The van der Waals surface area contributed by atoms with E-state index in [1.165, 1.54) is 24.3 Å². The second-order valence-corrected chi connectivity index (χ2v) is 4.78. The zero-order valence-corrected chi connectivity index (χ0v) is 11.1. The van der Waals surface area contributed by atoms with E-state index in [1.54, 1.807) is 6.07 Å². The first-order valence-corrected chi connectivity index (χ1v) is 6.23. The van der Waals surface area contributed by atoms with Gasteiger partial charge in [0.15, 0.2) is 0 Å². The summed E-state index contributed by atoms with van der Waals surface area (Å²) in [6, 6.07) is 6.89. The van der Waals surface area contributed by atoms with Gasteiger partial charge in [0.25, 0.3) is 0 Å². The summed E-state index contributed by atoms with van der Waals surface area (Å²) in [5.74, 6) is 3.53. The molecule has 0 amide bonds. The Morgan fingerprint density at radius 2 is 1.70 bits per heavy atom. The predicted octanol–water partition coefficient (Wildman–Crippen LogP) is 3.50. The molecule has 0 spiro atoms. The summed E-state index contributed by atoms with van der Waals surface area (Å²) in [6.07, 6.45) is 0.319. The molecule has 0 aliphatic carbocycles. The van der Waals surface area contributed by atoms with Crippen molar-refractivity contribution in [2.75, 3.05) is 0 Å². The minimum atomic E-state index is -0.683. The van der Waals surface area contributed by atoms with Crippen LogP contribution in [0.2, 0.25) is 5.02 Å². The van der Waals surface area contributed by atoms with Gasteiger partial charge in [-0.25, -0.2) is 13.2 Å². The molecule has 1 unspecified atom stereocenters. The van der Waals surface area contributed by atoms with E-state index < -0.39 is 23.5 Å². The third-order valence-electron chi connectivity index (χ3n) is 2.91. The normalized spacial score (nSPS) is 12.4. The van der Waals surface area contributed by atoms with Crippen molar-refractivity contribution in [3.63, 3.8) is 0 Å². The Bertz CT molecular complexity index is 599. The molecule has 2 aromatic rings. The summed E-state index contributed by atoms with van der Waals surface area (Å²) in [6.45, 7) is 0. The zero-order chi connectivity index (χ0) is 14.7. The molecule has 0 radical (unpaired) electrons. The van der Waals surface area contributed by atoms with Crippen LogP contribution in [-0.2, 0) is 6.42 Å². The van der Waals surface area contributed by atoms with Crippen LogP contribution in [0.25, 0.3) is 0 Å². The molecule has 3 N–H and O–H groups in total. The summed E-state index contributed by atoms with van der Waals surface area (Å²) in [4.78, 5) is 0. The van der Waals surface area contributed by atoms with Crippen molar-refractivity contribution in [1.29, 1.82) is 0 Å². The molecule has 2 aromatic carbocycles. The highest BCUT2D eigenvalue weighted by Gasteiger charge is 2.14. The van der Waals surface area contributed by atoms with Gasteiger partial charge in [0, 0.05) is 6.07 Å². The van der Waals surface area contributed by atoms with Gasteiger partial charge in [0.1, 0.15) is 17.5 Å². The molecule has 1 atom stereocenters. The van der Waals surface area contributed by atoms with Crippen molar-refractivity contribution in [3.05, 3.63) is 70.0 Å². The lowest BCUT2D eigenvalue weighted by molar-refractivity contribution is 0.530. The Morgan fingerprint density at radius 1 is 1.05 bits per heavy atom. The molecule has 106 valence electrons. The molecule has 0 bridgehead atoms. The SMILES string of the molecule is NNC(Cc1ccc(F)c(Cl)c1)c1cc(F)cc(F)c1. The Labute approximate surface area is 119 Å². The van der Waals surface area contributed by atoms with Crippen molar-refractivity contribution in [3.8, 4) is 0 Å². The van der Waals surface area contributed by atoms with E-state index in [1.807, 2.05) is 0 Å². The fraction of sp³-hybridized carbons (Fsp3) is 0.143. The first-order chi connectivity index (χ1) is 9.49. The van der Waals surface area contributed by atoms with Crippen LogP contribution in [-0.4, -0.2) is 0 Å². The van der Waals surface area contributed by atoms with Gasteiger partial charge in [0.05, 0.1) is 11.1 Å². The first kappa shape index (κ1) is 14.8. The molecule has 0 heterocycles. The van der Waals surface area contributed by atoms with Gasteiger partial charge in [-0.1, -0.05) is 17.7 Å².